The summed E-state index contributed by atoms with van der Waals surface area (Å²) in [6, 6.07) is 5.67. The van der Waals surface area contributed by atoms with Crippen molar-refractivity contribution >= 4 is 23.2 Å². The average Bonchev–Trinajstić information content (AvgIpc) is 2.34. The molecule has 0 saturated heterocycles. The Hall–Kier alpha value is -0.240. The second-order valence-electron chi connectivity index (χ2n) is 5.61. The Labute approximate surface area is 120 Å². The van der Waals surface area contributed by atoms with E-state index in [0.717, 1.165) is 40.8 Å². The summed E-state index contributed by atoms with van der Waals surface area (Å²) < 4.78 is 0. The largest absolute Gasteiger partial charge is 0.325 e. The van der Waals surface area contributed by atoms with Crippen molar-refractivity contribution in [3.63, 3.8) is 0 Å². The summed E-state index contributed by atoms with van der Waals surface area (Å²) in [5.74, 6) is 0.755. The highest BCUT2D eigenvalue weighted by Crippen LogP contribution is 2.37. The lowest BCUT2D eigenvalue weighted by molar-refractivity contribution is 0.218. The van der Waals surface area contributed by atoms with Gasteiger partial charge in [-0.25, -0.2) is 0 Å². The first-order chi connectivity index (χ1) is 8.54. The van der Waals surface area contributed by atoms with Gasteiger partial charge in [0, 0.05) is 15.6 Å². The second-order valence-corrected chi connectivity index (χ2v) is 6.42. The van der Waals surface area contributed by atoms with Crippen molar-refractivity contribution in [3.8, 4) is 0 Å². The molecule has 0 spiro atoms. The molecule has 1 aliphatic carbocycles. The second kappa shape index (κ2) is 5.81. The van der Waals surface area contributed by atoms with Crippen LogP contribution < -0.4 is 5.73 Å². The number of benzene rings is 1. The maximum Gasteiger partial charge on any atom is 0.0453 e. The molecular weight excluding hydrogens is 265 g/mol. The van der Waals surface area contributed by atoms with E-state index in [1.807, 2.05) is 18.2 Å². The molecule has 1 aromatic carbocycles. The number of nitrogens with two attached hydrogens (primary N) is 1. The van der Waals surface area contributed by atoms with Gasteiger partial charge >= 0.3 is 0 Å². The summed E-state index contributed by atoms with van der Waals surface area (Å²) in [5, 5.41) is 1.48. The van der Waals surface area contributed by atoms with Crippen LogP contribution in [0.15, 0.2) is 18.2 Å². The fraction of sp³-hybridized carbons (Fsp3) is 0.600. The molecule has 1 aromatic rings. The highest BCUT2D eigenvalue weighted by Gasteiger charge is 2.33. The van der Waals surface area contributed by atoms with E-state index in [1.165, 1.54) is 19.3 Å². The Kier molecular flexibility index (Phi) is 4.58. The van der Waals surface area contributed by atoms with Gasteiger partial charge in [0.25, 0.3) is 0 Å². The van der Waals surface area contributed by atoms with E-state index in [0.29, 0.717) is 0 Å². The van der Waals surface area contributed by atoms with Gasteiger partial charge in [-0.3, -0.25) is 0 Å². The van der Waals surface area contributed by atoms with Crippen LogP contribution in [0.2, 0.25) is 10.0 Å². The van der Waals surface area contributed by atoms with Crippen LogP contribution in [0.3, 0.4) is 0 Å². The van der Waals surface area contributed by atoms with Gasteiger partial charge in [0.2, 0.25) is 0 Å². The molecule has 2 unspecified atom stereocenters. The van der Waals surface area contributed by atoms with Crippen molar-refractivity contribution in [1.29, 1.82) is 0 Å². The van der Waals surface area contributed by atoms with Gasteiger partial charge in [0.05, 0.1) is 0 Å². The molecule has 18 heavy (non-hydrogen) atoms. The molecule has 0 aromatic heterocycles. The molecule has 0 aliphatic heterocycles. The molecular formula is C15H21Cl2N. The number of halogens is 2. The predicted molar refractivity (Wildman–Crippen MR) is 79.3 cm³/mol. The molecule has 0 bridgehead atoms. The van der Waals surface area contributed by atoms with Gasteiger partial charge in [0.15, 0.2) is 0 Å². The highest BCUT2D eigenvalue weighted by atomic mass is 35.5. The van der Waals surface area contributed by atoms with Crippen molar-refractivity contribution in [2.24, 2.45) is 11.7 Å². The number of hydrogen-bond donors (Lipinski definition) is 1. The van der Waals surface area contributed by atoms with E-state index < -0.39 is 0 Å². The Morgan fingerprint density at radius 1 is 1.33 bits per heavy atom. The van der Waals surface area contributed by atoms with Gasteiger partial charge in [-0.15, -0.1) is 0 Å². The summed E-state index contributed by atoms with van der Waals surface area (Å²) in [4.78, 5) is 0. The number of rotatable bonds is 3. The third kappa shape index (κ3) is 3.20. The van der Waals surface area contributed by atoms with E-state index in [-0.39, 0.29) is 5.54 Å². The first kappa shape index (κ1) is 14.2. The van der Waals surface area contributed by atoms with Crippen LogP contribution in [-0.4, -0.2) is 5.54 Å². The zero-order chi connectivity index (χ0) is 13.2. The Balaban J connectivity index is 2.17. The highest BCUT2D eigenvalue weighted by molar-refractivity contribution is 6.36. The van der Waals surface area contributed by atoms with Crippen LogP contribution in [-0.2, 0) is 6.42 Å². The zero-order valence-electron chi connectivity index (χ0n) is 10.9. The topological polar surface area (TPSA) is 26.0 Å². The van der Waals surface area contributed by atoms with Gasteiger partial charge in [-0.05, 0) is 42.9 Å². The van der Waals surface area contributed by atoms with Crippen LogP contribution in [0.25, 0.3) is 0 Å². The lowest BCUT2D eigenvalue weighted by atomic mass is 9.72. The SMILES string of the molecule is CCC1CCCC(N)(Cc2c(Cl)cccc2Cl)C1. The molecule has 1 fully saturated rings. The number of hydrogen-bond acceptors (Lipinski definition) is 1. The molecule has 1 saturated carbocycles. The summed E-state index contributed by atoms with van der Waals surface area (Å²) in [6.07, 6.45) is 6.70. The molecule has 2 N–H and O–H groups in total. The fourth-order valence-corrected chi connectivity index (χ4v) is 3.62. The van der Waals surface area contributed by atoms with Crippen LogP contribution >= 0.6 is 23.2 Å². The summed E-state index contributed by atoms with van der Waals surface area (Å²) >= 11 is 12.5. The fourth-order valence-electron chi connectivity index (χ4n) is 3.08. The van der Waals surface area contributed by atoms with Gasteiger partial charge < -0.3 is 5.73 Å². The monoisotopic (exact) mass is 285 g/mol. The minimum absolute atomic E-state index is 0.131. The smallest absolute Gasteiger partial charge is 0.0453 e. The first-order valence-electron chi connectivity index (χ1n) is 6.76. The molecule has 1 aliphatic rings. The summed E-state index contributed by atoms with van der Waals surface area (Å²) in [7, 11) is 0. The quantitative estimate of drug-likeness (QED) is 0.845. The molecule has 0 heterocycles. The zero-order valence-corrected chi connectivity index (χ0v) is 12.4. The minimum Gasteiger partial charge on any atom is -0.325 e. The normalized spacial score (nSPS) is 28.3. The van der Waals surface area contributed by atoms with Crippen LogP contribution in [0.5, 0.6) is 0 Å². The van der Waals surface area contributed by atoms with E-state index >= 15 is 0 Å². The van der Waals surface area contributed by atoms with Crippen LogP contribution in [0, 0.1) is 5.92 Å². The van der Waals surface area contributed by atoms with E-state index in [1.54, 1.807) is 0 Å². The minimum atomic E-state index is -0.131. The average molecular weight is 286 g/mol. The predicted octanol–water partition coefficient (Wildman–Crippen LogP) is 4.83. The van der Waals surface area contributed by atoms with Crippen molar-refractivity contribution in [2.45, 2.75) is 51.0 Å². The molecule has 0 radical (unpaired) electrons. The molecule has 1 nitrogen and oxygen atoms in total. The summed E-state index contributed by atoms with van der Waals surface area (Å²) in [6.45, 7) is 2.25. The van der Waals surface area contributed by atoms with Crippen molar-refractivity contribution in [1.82, 2.24) is 0 Å². The van der Waals surface area contributed by atoms with Crippen molar-refractivity contribution in [3.05, 3.63) is 33.8 Å². The maximum absolute atomic E-state index is 6.58. The van der Waals surface area contributed by atoms with Crippen LogP contribution in [0.4, 0.5) is 0 Å². The third-order valence-electron chi connectivity index (χ3n) is 4.15. The maximum atomic E-state index is 6.58. The lowest BCUT2D eigenvalue weighted by Gasteiger charge is -2.38. The first-order valence-corrected chi connectivity index (χ1v) is 7.51. The van der Waals surface area contributed by atoms with Crippen LogP contribution in [0.1, 0.15) is 44.6 Å². The molecule has 2 atom stereocenters. The standard InChI is InChI=1S/C15H21Cl2N/c1-2-11-5-4-8-15(18,9-11)10-12-13(16)6-3-7-14(12)17/h3,6-7,11H,2,4-5,8-10,18H2,1H3. The molecule has 0 amide bonds. The Morgan fingerprint density at radius 3 is 2.61 bits per heavy atom. The van der Waals surface area contributed by atoms with Gasteiger partial charge in [-0.2, -0.15) is 0 Å². The van der Waals surface area contributed by atoms with Crippen molar-refractivity contribution in [2.75, 3.05) is 0 Å². The van der Waals surface area contributed by atoms with E-state index in [9.17, 15) is 0 Å². The Bertz CT molecular complexity index is 399. The van der Waals surface area contributed by atoms with Crippen molar-refractivity contribution < 1.29 is 0 Å². The van der Waals surface area contributed by atoms with E-state index in [2.05, 4.69) is 6.92 Å². The lowest BCUT2D eigenvalue weighted by Crippen LogP contribution is -2.46. The van der Waals surface area contributed by atoms with Gasteiger partial charge in [-0.1, -0.05) is 55.5 Å². The van der Waals surface area contributed by atoms with E-state index in [4.69, 9.17) is 28.9 Å². The molecule has 3 heteroatoms. The molecule has 2 rings (SSSR count). The molecule has 100 valence electrons. The summed E-state index contributed by atoms with van der Waals surface area (Å²) in [5.41, 5.74) is 7.46. The van der Waals surface area contributed by atoms with Gasteiger partial charge in [0.1, 0.15) is 0 Å². The Morgan fingerprint density at radius 2 is 2.00 bits per heavy atom. The third-order valence-corrected chi connectivity index (χ3v) is 4.86.